The maximum Gasteiger partial charge on any atom is 0.254 e. The zero-order chi connectivity index (χ0) is 29.0. The molecule has 0 bridgehead atoms. The van der Waals surface area contributed by atoms with E-state index in [1.807, 2.05) is 36.4 Å². The van der Waals surface area contributed by atoms with Crippen LogP contribution in [0.4, 0.5) is 0 Å². The molecule has 1 saturated heterocycles. The van der Waals surface area contributed by atoms with Crippen molar-refractivity contribution in [3.05, 3.63) is 77.4 Å². The van der Waals surface area contributed by atoms with Crippen molar-refractivity contribution >= 4 is 15.9 Å². The van der Waals surface area contributed by atoms with E-state index in [2.05, 4.69) is 0 Å². The molecule has 0 aromatic heterocycles. The van der Waals surface area contributed by atoms with Crippen LogP contribution in [0.2, 0.25) is 0 Å². The van der Waals surface area contributed by atoms with Gasteiger partial charge in [0.1, 0.15) is 6.61 Å². The fraction of sp³-hybridized carbons (Fsp3) is 0.387. The molecule has 0 N–H and O–H groups in total. The molecule has 3 aromatic rings. The quantitative estimate of drug-likeness (QED) is 0.362. The lowest BCUT2D eigenvalue weighted by molar-refractivity contribution is 0.0587. The van der Waals surface area contributed by atoms with Crippen molar-refractivity contribution in [3.63, 3.8) is 0 Å². The third-order valence-electron chi connectivity index (χ3n) is 7.78. The Kier molecular flexibility index (Phi) is 8.70. The van der Waals surface area contributed by atoms with Crippen LogP contribution < -0.4 is 18.9 Å². The lowest BCUT2D eigenvalue weighted by atomic mass is 9.91. The molecule has 41 heavy (non-hydrogen) atoms. The van der Waals surface area contributed by atoms with Crippen molar-refractivity contribution in [3.8, 4) is 23.0 Å². The van der Waals surface area contributed by atoms with Gasteiger partial charge in [0, 0.05) is 25.2 Å². The van der Waals surface area contributed by atoms with E-state index in [4.69, 9.17) is 18.9 Å². The predicted molar refractivity (Wildman–Crippen MR) is 155 cm³/mol. The van der Waals surface area contributed by atoms with E-state index in [1.165, 1.54) is 16.4 Å². The molecule has 0 radical (unpaired) electrons. The summed E-state index contributed by atoms with van der Waals surface area (Å²) < 4.78 is 50.6. The molecule has 2 aliphatic rings. The van der Waals surface area contributed by atoms with E-state index < -0.39 is 16.1 Å². The van der Waals surface area contributed by atoms with Crippen molar-refractivity contribution in [1.29, 1.82) is 0 Å². The smallest absolute Gasteiger partial charge is 0.254 e. The molecule has 218 valence electrons. The largest absolute Gasteiger partial charge is 0.493 e. The monoisotopic (exact) mass is 580 g/mol. The minimum Gasteiger partial charge on any atom is -0.493 e. The summed E-state index contributed by atoms with van der Waals surface area (Å²) in [5, 5.41) is 0. The topological polar surface area (TPSA) is 94.6 Å². The van der Waals surface area contributed by atoms with Gasteiger partial charge in [0.15, 0.2) is 23.0 Å². The second-order valence-corrected chi connectivity index (χ2v) is 12.1. The van der Waals surface area contributed by atoms with Gasteiger partial charge < -0.3 is 23.8 Å². The lowest BCUT2D eigenvalue weighted by Crippen LogP contribution is -2.42. The number of amides is 1. The van der Waals surface area contributed by atoms with Gasteiger partial charge in [0.2, 0.25) is 10.0 Å². The lowest BCUT2D eigenvalue weighted by Gasteiger charge is -2.37. The first-order valence-electron chi connectivity index (χ1n) is 13.8. The Morgan fingerprint density at radius 1 is 0.805 bits per heavy atom. The highest BCUT2D eigenvalue weighted by Crippen LogP contribution is 2.39. The third-order valence-corrected chi connectivity index (χ3v) is 9.70. The van der Waals surface area contributed by atoms with Gasteiger partial charge in [0.25, 0.3) is 5.91 Å². The minimum atomic E-state index is -3.59. The number of benzene rings is 3. The number of methoxy groups -OCH3 is 3. The van der Waals surface area contributed by atoms with Crippen LogP contribution in [0.1, 0.15) is 46.8 Å². The Morgan fingerprint density at radius 3 is 2.10 bits per heavy atom. The molecular formula is C31H36N2O7S. The highest BCUT2D eigenvalue weighted by Gasteiger charge is 2.34. The van der Waals surface area contributed by atoms with Gasteiger partial charge in [-0.25, -0.2) is 8.42 Å². The van der Waals surface area contributed by atoms with Crippen molar-refractivity contribution in [2.24, 2.45) is 0 Å². The van der Waals surface area contributed by atoms with Gasteiger partial charge in [-0.15, -0.1) is 0 Å². The van der Waals surface area contributed by atoms with E-state index in [0.29, 0.717) is 54.6 Å². The number of fused-ring (bicyclic) bond motifs is 1. The number of piperidine rings is 1. The summed E-state index contributed by atoms with van der Waals surface area (Å²) in [6, 6.07) is 17.0. The summed E-state index contributed by atoms with van der Waals surface area (Å²) in [7, 11) is 1.17. The Morgan fingerprint density at radius 2 is 1.44 bits per heavy atom. The van der Waals surface area contributed by atoms with Crippen LogP contribution in [0, 0.1) is 0 Å². The van der Waals surface area contributed by atoms with E-state index in [1.54, 1.807) is 38.4 Å². The van der Waals surface area contributed by atoms with Gasteiger partial charge in [-0.1, -0.05) is 18.6 Å². The molecule has 1 fully saturated rings. The first-order chi connectivity index (χ1) is 19.9. The number of nitrogens with zero attached hydrogens (tertiary/aromatic N) is 2. The summed E-state index contributed by atoms with van der Waals surface area (Å²) >= 11 is 0. The molecule has 0 spiro atoms. The van der Waals surface area contributed by atoms with E-state index >= 15 is 0 Å². The summed E-state index contributed by atoms with van der Waals surface area (Å²) in [6.07, 6.45) is 3.38. The van der Waals surface area contributed by atoms with Crippen LogP contribution in [0.25, 0.3) is 0 Å². The van der Waals surface area contributed by atoms with Crippen molar-refractivity contribution in [2.75, 3.05) is 47.6 Å². The second-order valence-electron chi connectivity index (χ2n) is 10.1. The van der Waals surface area contributed by atoms with Gasteiger partial charge >= 0.3 is 0 Å². The third kappa shape index (κ3) is 5.85. The van der Waals surface area contributed by atoms with Crippen molar-refractivity contribution in [2.45, 2.75) is 36.6 Å². The van der Waals surface area contributed by atoms with Crippen LogP contribution >= 0.6 is 0 Å². The zero-order valence-corrected chi connectivity index (χ0v) is 24.5. The summed E-state index contributed by atoms with van der Waals surface area (Å²) in [6.45, 7) is 1.68. The SMILES string of the molecule is COc1cc2c(cc1OC)C(COc1ccccc1OC)N(C(=O)c1ccc(S(=O)(=O)N3CCCCC3)cc1)CC2. The van der Waals surface area contributed by atoms with E-state index in [9.17, 15) is 13.2 Å². The van der Waals surface area contributed by atoms with Gasteiger partial charge in [-0.05, 0) is 78.9 Å². The standard InChI is InChI=1S/C31H36N2O7S/c1-37-27-9-5-6-10-28(27)40-21-26-25-20-30(39-3)29(38-2)19-23(25)15-18-33(26)31(34)22-11-13-24(14-12-22)41(35,36)32-16-7-4-8-17-32/h5-6,9-14,19-20,26H,4,7-8,15-18,21H2,1-3H3. The van der Waals surface area contributed by atoms with Crippen LogP contribution in [0.3, 0.4) is 0 Å². The number of rotatable bonds is 9. The molecule has 9 nitrogen and oxygen atoms in total. The second kappa shape index (κ2) is 12.4. The van der Waals surface area contributed by atoms with Gasteiger partial charge in [0.05, 0.1) is 32.3 Å². The number of ether oxygens (including phenoxy) is 4. The number of hydrogen-bond donors (Lipinski definition) is 0. The maximum atomic E-state index is 13.9. The predicted octanol–water partition coefficient (Wildman–Crippen LogP) is 4.71. The molecule has 5 rings (SSSR count). The number of carbonyl (C=O) groups excluding carboxylic acids is 1. The molecule has 1 amide bonds. The normalized spacial score (nSPS) is 17.4. The Balaban J connectivity index is 1.45. The Hall–Kier alpha value is -3.76. The summed E-state index contributed by atoms with van der Waals surface area (Å²) in [5.74, 6) is 2.15. The van der Waals surface area contributed by atoms with Crippen molar-refractivity contribution < 1.29 is 32.2 Å². The Labute approximate surface area is 241 Å². The fourth-order valence-corrected chi connectivity index (χ4v) is 7.06. The number of carbonyl (C=O) groups is 1. The van der Waals surface area contributed by atoms with Crippen LogP contribution in [0.15, 0.2) is 65.6 Å². The molecule has 2 heterocycles. The van der Waals surface area contributed by atoms with Crippen LogP contribution in [-0.2, 0) is 16.4 Å². The molecular weight excluding hydrogens is 544 g/mol. The van der Waals surface area contributed by atoms with Gasteiger partial charge in [-0.2, -0.15) is 4.31 Å². The summed E-state index contributed by atoms with van der Waals surface area (Å²) in [4.78, 5) is 15.9. The Bertz CT molecular complexity index is 1480. The average Bonchev–Trinajstić information content (AvgIpc) is 3.03. The molecule has 0 saturated carbocycles. The molecule has 1 unspecified atom stereocenters. The van der Waals surface area contributed by atoms with E-state index in [-0.39, 0.29) is 17.4 Å². The fourth-order valence-electron chi connectivity index (χ4n) is 5.55. The molecule has 0 aliphatic carbocycles. The van der Waals surface area contributed by atoms with Crippen LogP contribution in [-0.4, -0.2) is 71.1 Å². The first-order valence-corrected chi connectivity index (χ1v) is 15.2. The summed E-state index contributed by atoms with van der Waals surface area (Å²) in [5.41, 5.74) is 2.36. The number of sulfonamides is 1. The molecule has 3 aromatic carbocycles. The molecule has 1 atom stereocenters. The first kappa shape index (κ1) is 28.8. The highest BCUT2D eigenvalue weighted by atomic mass is 32.2. The molecule has 2 aliphatic heterocycles. The number of para-hydroxylation sites is 2. The van der Waals surface area contributed by atoms with Crippen LogP contribution in [0.5, 0.6) is 23.0 Å². The zero-order valence-electron chi connectivity index (χ0n) is 23.7. The molecule has 10 heteroatoms. The number of hydrogen-bond acceptors (Lipinski definition) is 7. The highest BCUT2D eigenvalue weighted by molar-refractivity contribution is 7.89. The van der Waals surface area contributed by atoms with Crippen molar-refractivity contribution in [1.82, 2.24) is 9.21 Å². The van der Waals surface area contributed by atoms with Gasteiger partial charge in [-0.3, -0.25) is 4.79 Å². The minimum absolute atomic E-state index is 0.177. The maximum absolute atomic E-state index is 13.9. The average molecular weight is 581 g/mol. The van der Waals surface area contributed by atoms with E-state index in [0.717, 1.165) is 30.4 Å².